The molecule has 0 radical (unpaired) electrons. The summed E-state index contributed by atoms with van der Waals surface area (Å²) in [5.41, 5.74) is 3.66. The van der Waals surface area contributed by atoms with Crippen LogP contribution in [0.1, 0.15) is 22.7 Å². The maximum Gasteiger partial charge on any atom is 0.0595 e. The van der Waals surface area contributed by atoms with Crippen molar-refractivity contribution >= 4 is 39.1 Å². The van der Waals surface area contributed by atoms with Crippen LogP contribution in [0.2, 0.25) is 10.0 Å². The second-order valence-corrected chi connectivity index (χ2v) is 6.47. The van der Waals surface area contributed by atoms with E-state index in [0.717, 1.165) is 10.9 Å². The number of halogens is 3. The van der Waals surface area contributed by atoms with E-state index in [1.165, 1.54) is 16.7 Å². The van der Waals surface area contributed by atoms with Crippen molar-refractivity contribution in [3.8, 4) is 0 Å². The van der Waals surface area contributed by atoms with Crippen LogP contribution in [0.15, 0.2) is 40.9 Å². The van der Waals surface area contributed by atoms with E-state index >= 15 is 0 Å². The summed E-state index contributed by atoms with van der Waals surface area (Å²) in [6, 6.07) is 12.5. The maximum absolute atomic E-state index is 6.07. The minimum atomic E-state index is 0.249. The van der Waals surface area contributed by atoms with Gasteiger partial charge in [0.15, 0.2) is 0 Å². The molecule has 0 saturated carbocycles. The van der Waals surface area contributed by atoms with Gasteiger partial charge in [0.25, 0.3) is 0 Å². The van der Waals surface area contributed by atoms with Gasteiger partial charge < -0.3 is 5.32 Å². The highest BCUT2D eigenvalue weighted by molar-refractivity contribution is 9.10. The van der Waals surface area contributed by atoms with E-state index in [9.17, 15) is 0 Å². The van der Waals surface area contributed by atoms with Crippen LogP contribution in [0.5, 0.6) is 0 Å². The van der Waals surface area contributed by atoms with Crippen molar-refractivity contribution in [2.75, 3.05) is 7.05 Å². The average Bonchev–Trinajstić information content (AvgIpc) is 2.43. The van der Waals surface area contributed by atoms with E-state index in [1.54, 1.807) is 0 Å². The Bertz CT molecular complexity index is 613. The molecule has 0 aromatic heterocycles. The average molecular weight is 373 g/mol. The summed E-state index contributed by atoms with van der Waals surface area (Å²) in [6.45, 7) is 2.10. The molecule has 1 unspecified atom stereocenters. The van der Waals surface area contributed by atoms with Crippen LogP contribution in [-0.2, 0) is 6.42 Å². The van der Waals surface area contributed by atoms with Gasteiger partial charge in [-0.15, -0.1) is 0 Å². The van der Waals surface area contributed by atoms with Gasteiger partial charge in [-0.2, -0.15) is 0 Å². The molecule has 0 bridgehead atoms. The topological polar surface area (TPSA) is 12.0 Å². The molecule has 1 nitrogen and oxygen atoms in total. The summed E-state index contributed by atoms with van der Waals surface area (Å²) >= 11 is 15.6. The Morgan fingerprint density at radius 2 is 1.85 bits per heavy atom. The minimum absolute atomic E-state index is 0.249. The SMILES string of the molecule is CNC(Cc1ccc(Cl)c(Cl)c1)c1ccc(Br)c(C)c1. The summed E-state index contributed by atoms with van der Waals surface area (Å²) in [7, 11) is 1.97. The fraction of sp³-hybridized carbons (Fsp3) is 0.250. The highest BCUT2D eigenvalue weighted by Gasteiger charge is 2.12. The molecule has 0 fully saturated rings. The lowest BCUT2D eigenvalue weighted by Gasteiger charge is -2.18. The molecular weight excluding hydrogens is 357 g/mol. The van der Waals surface area contributed by atoms with E-state index in [-0.39, 0.29) is 6.04 Å². The standard InChI is InChI=1S/C16H16BrCl2N/c1-10-7-12(4-5-13(10)17)16(20-2)9-11-3-6-14(18)15(19)8-11/h3-8,16,20H,9H2,1-2H3. The van der Waals surface area contributed by atoms with Gasteiger partial charge in [-0.05, 0) is 55.3 Å². The van der Waals surface area contributed by atoms with Crippen LogP contribution in [0, 0.1) is 6.92 Å². The van der Waals surface area contributed by atoms with Crippen LogP contribution in [-0.4, -0.2) is 7.05 Å². The molecule has 2 aromatic carbocycles. The normalized spacial score (nSPS) is 12.4. The fourth-order valence-corrected chi connectivity index (χ4v) is 2.74. The molecular formula is C16H16BrCl2N. The first kappa shape index (κ1) is 15.8. The van der Waals surface area contributed by atoms with Gasteiger partial charge >= 0.3 is 0 Å². The lowest BCUT2D eigenvalue weighted by molar-refractivity contribution is 0.591. The Labute approximate surface area is 138 Å². The number of aryl methyl sites for hydroxylation is 1. The highest BCUT2D eigenvalue weighted by Crippen LogP contribution is 2.27. The molecule has 4 heteroatoms. The predicted molar refractivity (Wildman–Crippen MR) is 90.8 cm³/mol. The number of benzene rings is 2. The monoisotopic (exact) mass is 371 g/mol. The molecule has 0 aliphatic heterocycles. The number of rotatable bonds is 4. The maximum atomic E-state index is 6.07. The molecule has 0 spiro atoms. The molecule has 0 heterocycles. The van der Waals surface area contributed by atoms with Crippen LogP contribution in [0.3, 0.4) is 0 Å². The van der Waals surface area contributed by atoms with E-state index in [2.05, 4.69) is 46.4 Å². The Hall–Kier alpha value is -0.540. The second kappa shape index (κ2) is 6.95. The third-order valence-electron chi connectivity index (χ3n) is 3.36. The Kier molecular flexibility index (Phi) is 5.50. The van der Waals surface area contributed by atoms with E-state index in [4.69, 9.17) is 23.2 Å². The van der Waals surface area contributed by atoms with Gasteiger partial charge in [-0.1, -0.05) is 57.3 Å². The number of nitrogens with one attached hydrogen (secondary N) is 1. The van der Waals surface area contributed by atoms with Gasteiger partial charge in [0.1, 0.15) is 0 Å². The van der Waals surface area contributed by atoms with Crippen LogP contribution in [0.25, 0.3) is 0 Å². The van der Waals surface area contributed by atoms with Crippen LogP contribution >= 0.6 is 39.1 Å². The third kappa shape index (κ3) is 3.76. The van der Waals surface area contributed by atoms with Crippen molar-refractivity contribution in [3.63, 3.8) is 0 Å². The molecule has 0 saturated heterocycles. The van der Waals surface area contributed by atoms with Crippen LogP contribution < -0.4 is 5.32 Å². The van der Waals surface area contributed by atoms with E-state index in [0.29, 0.717) is 10.0 Å². The Balaban J connectivity index is 2.23. The Morgan fingerprint density at radius 1 is 1.10 bits per heavy atom. The molecule has 1 N–H and O–H groups in total. The van der Waals surface area contributed by atoms with Crippen molar-refractivity contribution in [1.29, 1.82) is 0 Å². The lowest BCUT2D eigenvalue weighted by Crippen LogP contribution is -2.19. The quantitative estimate of drug-likeness (QED) is 0.739. The number of likely N-dealkylation sites (N-methyl/N-ethyl adjacent to an activating group) is 1. The van der Waals surface area contributed by atoms with Gasteiger partial charge in [-0.3, -0.25) is 0 Å². The van der Waals surface area contributed by atoms with E-state index in [1.807, 2.05) is 25.2 Å². The zero-order chi connectivity index (χ0) is 14.7. The summed E-state index contributed by atoms with van der Waals surface area (Å²) in [5.74, 6) is 0. The minimum Gasteiger partial charge on any atom is -0.313 e. The molecule has 0 amide bonds. The van der Waals surface area contributed by atoms with Crippen molar-refractivity contribution < 1.29 is 0 Å². The van der Waals surface area contributed by atoms with E-state index < -0.39 is 0 Å². The summed E-state index contributed by atoms with van der Waals surface area (Å²) in [6.07, 6.45) is 0.870. The number of hydrogen-bond donors (Lipinski definition) is 1. The molecule has 0 aliphatic carbocycles. The first-order valence-corrected chi connectivity index (χ1v) is 7.93. The van der Waals surface area contributed by atoms with Crippen molar-refractivity contribution in [2.24, 2.45) is 0 Å². The molecule has 20 heavy (non-hydrogen) atoms. The van der Waals surface area contributed by atoms with Gasteiger partial charge in [0.2, 0.25) is 0 Å². The summed E-state index contributed by atoms with van der Waals surface area (Å²) in [4.78, 5) is 0. The largest absolute Gasteiger partial charge is 0.313 e. The Morgan fingerprint density at radius 3 is 2.45 bits per heavy atom. The molecule has 1 atom stereocenters. The molecule has 2 aromatic rings. The summed E-state index contributed by atoms with van der Waals surface area (Å²) in [5, 5.41) is 4.55. The van der Waals surface area contributed by atoms with Crippen LogP contribution in [0.4, 0.5) is 0 Å². The smallest absolute Gasteiger partial charge is 0.0595 e. The lowest BCUT2D eigenvalue weighted by atomic mass is 9.98. The predicted octanol–water partition coefficient (Wildman–Crippen LogP) is 5.57. The second-order valence-electron chi connectivity index (χ2n) is 4.80. The summed E-state index contributed by atoms with van der Waals surface area (Å²) < 4.78 is 1.13. The van der Waals surface area contributed by atoms with Crippen molar-refractivity contribution in [2.45, 2.75) is 19.4 Å². The zero-order valence-electron chi connectivity index (χ0n) is 11.4. The molecule has 0 aliphatic rings. The van der Waals surface area contributed by atoms with Gasteiger partial charge in [-0.25, -0.2) is 0 Å². The molecule has 2 rings (SSSR count). The first-order valence-electron chi connectivity index (χ1n) is 6.38. The first-order chi connectivity index (χ1) is 9.51. The zero-order valence-corrected chi connectivity index (χ0v) is 14.5. The van der Waals surface area contributed by atoms with Crippen molar-refractivity contribution in [1.82, 2.24) is 5.32 Å². The highest BCUT2D eigenvalue weighted by atomic mass is 79.9. The molecule has 106 valence electrons. The fourth-order valence-electron chi connectivity index (χ4n) is 2.17. The van der Waals surface area contributed by atoms with Gasteiger partial charge in [0.05, 0.1) is 10.0 Å². The number of hydrogen-bond acceptors (Lipinski definition) is 1. The third-order valence-corrected chi connectivity index (χ3v) is 4.99. The van der Waals surface area contributed by atoms with Gasteiger partial charge in [0, 0.05) is 10.5 Å². The van der Waals surface area contributed by atoms with Crippen molar-refractivity contribution in [3.05, 3.63) is 67.6 Å².